The summed E-state index contributed by atoms with van der Waals surface area (Å²) in [6.07, 6.45) is 0.871. The monoisotopic (exact) mass is 345 g/mol. The Morgan fingerprint density at radius 1 is 1.38 bits per heavy atom. The molecule has 1 aromatic carbocycles. The number of benzene rings is 1. The summed E-state index contributed by atoms with van der Waals surface area (Å²) < 4.78 is 0. The van der Waals surface area contributed by atoms with Crippen LogP contribution >= 0.6 is 12.2 Å². The zero-order chi connectivity index (χ0) is 17.7. The highest BCUT2D eigenvalue weighted by Crippen LogP contribution is 2.23. The molecule has 0 atom stereocenters. The number of nitro groups is 1. The molecule has 1 aliphatic rings. The summed E-state index contributed by atoms with van der Waals surface area (Å²) in [6.45, 7) is 4.82. The van der Waals surface area contributed by atoms with Gasteiger partial charge >= 0.3 is 0 Å². The molecule has 0 saturated carbocycles. The van der Waals surface area contributed by atoms with Crippen molar-refractivity contribution in [1.29, 1.82) is 5.26 Å². The topological polar surface area (TPSA) is 99.4 Å². The Bertz CT molecular complexity index is 725. The molecule has 1 saturated heterocycles. The van der Waals surface area contributed by atoms with Crippen LogP contribution in [0.15, 0.2) is 35.5 Å². The highest BCUT2D eigenvalue weighted by Gasteiger charge is 2.19. The molecule has 0 aliphatic carbocycles. The van der Waals surface area contributed by atoms with Crippen molar-refractivity contribution in [2.75, 3.05) is 31.1 Å². The summed E-state index contributed by atoms with van der Waals surface area (Å²) in [7, 11) is 0. The van der Waals surface area contributed by atoms with Gasteiger partial charge in [0.1, 0.15) is 16.6 Å². The van der Waals surface area contributed by atoms with Crippen molar-refractivity contribution in [3.8, 4) is 6.07 Å². The second-order valence-electron chi connectivity index (χ2n) is 5.54. The van der Waals surface area contributed by atoms with Crippen molar-refractivity contribution in [2.24, 2.45) is 5.73 Å². The van der Waals surface area contributed by atoms with Crippen LogP contribution in [-0.4, -0.2) is 41.0 Å². The van der Waals surface area contributed by atoms with E-state index < -0.39 is 0 Å². The molecule has 1 heterocycles. The molecule has 8 heteroatoms. The lowest BCUT2D eigenvalue weighted by molar-refractivity contribution is -0.384. The zero-order valence-corrected chi connectivity index (χ0v) is 14.3. The van der Waals surface area contributed by atoms with Crippen molar-refractivity contribution in [1.82, 2.24) is 4.90 Å². The fourth-order valence-corrected chi connectivity index (χ4v) is 2.98. The molecule has 2 rings (SSSR count). The molecule has 7 nitrogen and oxygen atoms in total. The lowest BCUT2D eigenvalue weighted by atomic mass is 10.2. The molecular formula is C16H19N5O2S. The summed E-state index contributed by atoms with van der Waals surface area (Å²) in [5.41, 5.74) is 7.66. The normalized spacial score (nSPS) is 16.0. The number of hydrogen-bond acceptors (Lipinski definition) is 6. The summed E-state index contributed by atoms with van der Waals surface area (Å²) in [5, 5.41) is 20.1. The minimum Gasteiger partial charge on any atom is -0.389 e. The van der Waals surface area contributed by atoms with Gasteiger partial charge in [-0.15, -0.1) is 0 Å². The molecule has 24 heavy (non-hydrogen) atoms. The van der Waals surface area contributed by atoms with E-state index in [9.17, 15) is 15.4 Å². The summed E-state index contributed by atoms with van der Waals surface area (Å²) >= 11 is 4.93. The van der Waals surface area contributed by atoms with Gasteiger partial charge in [-0.2, -0.15) is 5.26 Å². The zero-order valence-electron chi connectivity index (χ0n) is 13.4. The fourth-order valence-electron chi connectivity index (χ4n) is 2.79. The Hall–Kier alpha value is -2.66. The van der Waals surface area contributed by atoms with Crippen LogP contribution in [0.1, 0.15) is 13.3 Å². The van der Waals surface area contributed by atoms with Crippen LogP contribution in [-0.2, 0) is 0 Å². The van der Waals surface area contributed by atoms with Gasteiger partial charge in [0.05, 0.1) is 4.92 Å². The molecule has 0 aromatic heterocycles. The van der Waals surface area contributed by atoms with Crippen LogP contribution in [0, 0.1) is 21.4 Å². The molecule has 0 radical (unpaired) electrons. The molecule has 126 valence electrons. The quantitative estimate of drug-likeness (QED) is 0.293. The van der Waals surface area contributed by atoms with E-state index in [0.29, 0.717) is 18.7 Å². The van der Waals surface area contributed by atoms with Crippen molar-refractivity contribution in [2.45, 2.75) is 13.3 Å². The van der Waals surface area contributed by atoms with Crippen molar-refractivity contribution in [3.63, 3.8) is 0 Å². The van der Waals surface area contributed by atoms with Crippen molar-refractivity contribution < 1.29 is 4.92 Å². The first-order valence-corrected chi connectivity index (χ1v) is 8.00. The number of anilines is 1. The van der Waals surface area contributed by atoms with Gasteiger partial charge in [0, 0.05) is 49.7 Å². The van der Waals surface area contributed by atoms with Crippen molar-refractivity contribution in [3.05, 3.63) is 45.6 Å². The largest absolute Gasteiger partial charge is 0.389 e. The van der Waals surface area contributed by atoms with Gasteiger partial charge in [-0.3, -0.25) is 10.1 Å². The van der Waals surface area contributed by atoms with E-state index in [0.717, 1.165) is 30.9 Å². The molecule has 2 N–H and O–H groups in total. The van der Waals surface area contributed by atoms with Gasteiger partial charge in [0.25, 0.3) is 5.69 Å². The van der Waals surface area contributed by atoms with E-state index >= 15 is 0 Å². The molecule has 0 amide bonds. The summed E-state index contributed by atoms with van der Waals surface area (Å²) in [4.78, 5) is 14.9. The Balaban J connectivity index is 2.16. The first kappa shape index (κ1) is 17.7. The lowest BCUT2D eigenvalue weighted by Gasteiger charge is -2.25. The third-order valence-corrected chi connectivity index (χ3v) is 4.30. The maximum absolute atomic E-state index is 10.9. The van der Waals surface area contributed by atoms with E-state index in [-0.39, 0.29) is 15.6 Å². The predicted octanol–water partition coefficient (Wildman–Crippen LogP) is 2.19. The van der Waals surface area contributed by atoms with E-state index in [1.807, 2.05) is 13.0 Å². The Morgan fingerprint density at radius 2 is 2.12 bits per heavy atom. The first-order chi connectivity index (χ1) is 11.4. The van der Waals surface area contributed by atoms with Crippen LogP contribution in [0.25, 0.3) is 0 Å². The number of nitrogens with two attached hydrogens (primary N) is 1. The number of rotatable bonds is 4. The third-order valence-electron chi connectivity index (χ3n) is 4.10. The van der Waals surface area contributed by atoms with E-state index in [4.69, 9.17) is 18.0 Å². The minimum atomic E-state index is -0.387. The van der Waals surface area contributed by atoms with Gasteiger partial charge in [-0.25, -0.2) is 0 Å². The van der Waals surface area contributed by atoms with E-state index in [1.54, 1.807) is 12.1 Å². The smallest absolute Gasteiger partial charge is 0.271 e. The Morgan fingerprint density at radius 3 is 2.75 bits per heavy atom. The first-order valence-electron chi connectivity index (χ1n) is 7.59. The summed E-state index contributed by atoms with van der Waals surface area (Å²) in [5.74, 6) is 0. The highest BCUT2D eigenvalue weighted by molar-refractivity contribution is 7.80. The van der Waals surface area contributed by atoms with Crippen LogP contribution in [0.3, 0.4) is 0 Å². The van der Waals surface area contributed by atoms with Gasteiger partial charge < -0.3 is 15.5 Å². The molecule has 0 unspecified atom stereocenters. The molecule has 0 bridgehead atoms. The van der Waals surface area contributed by atoms with Crippen LogP contribution in [0.5, 0.6) is 0 Å². The van der Waals surface area contributed by atoms with Crippen LogP contribution in [0.4, 0.5) is 11.4 Å². The second-order valence-corrected chi connectivity index (χ2v) is 5.98. The predicted molar refractivity (Wildman–Crippen MR) is 96.6 cm³/mol. The van der Waals surface area contributed by atoms with E-state index in [1.165, 1.54) is 6.07 Å². The average molecular weight is 345 g/mol. The average Bonchev–Trinajstić information content (AvgIpc) is 2.81. The standard InChI is InChI=1S/C16H19N5O2S/c1-12(15(11-17)16(18)24)19-6-3-7-20(9-8-19)13-4-2-5-14(10-13)21(22)23/h2,4-5,10H,3,6-9H2,1H3,(H2,18,24). The van der Waals surface area contributed by atoms with Crippen molar-refractivity contribution >= 4 is 28.6 Å². The highest BCUT2D eigenvalue weighted by atomic mass is 32.1. The van der Waals surface area contributed by atoms with Gasteiger partial charge in [0.2, 0.25) is 0 Å². The Kier molecular flexibility index (Phi) is 5.71. The molecule has 0 spiro atoms. The Labute approximate surface area is 146 Å². The number of nitriles is 1. The number of nitro benzene ring substituents is 1. The van der Waals surface area contributed by atoms with Gasteiger partial charge in [0.15, 0.2) is 0 Å². The van der Waals surface area contributed by atoms with Crippen LogP contribution < -0.4 is 10.6 Å². The number of allylic oxidation sites excluding steroid dienone is 1. The van der Waals surface area contributed by atoms with E-state index in [2.05, 4.69) is 15.9 Å². The van der Waals surface area contributed by atoms with Gasteiger partial charge in [-0.1, -0.05) is 18.3 Å². The number of nitrogens with zero attached hydrogens (tertiary/aromatic N) is 4. The number of hydrogen-bond donors (Lipinski definition) is 1. The number of non-ortho nitro benzene ring substituents is 1. The van der Waals surface area contributed by atoms with Gasteiger partial charge in [-0.05, 0) is 19.4 Å². The maximum atomic E-state index is 10.9. The SMILES string of the molecule is CC(=C(C#N)C(N)=S)N1CCCN(c2cccc([N+](=O)[O-])c2)CC1. The summed E-state index contributed by atoms with van der Waals surface area (Å²) in [6, 6.07) is 8.72. The fraction of sp³-hybridized carbons (Fsp3) is 0.375. The lowest BCUT2D eigenvalue weighted by Crippen LogP contribution is -2.31. The second kappa shape index (κ2) is 7.75. The molecule has 1 aromatic rings. The molecule has 1 aliphatic heterocycles. The van der Waals surface area contributed by atoms with Crippen LogP contribution in [0.2, 0.25) is 0 Å². The molecular weight excluding hydrogens is 326 g/mol. The maximum Gasteiger partial charge on any atom is 0.271 e. The number of thiocarbonyl (C=S) groups is 1. The third kappa shape index (κ3) is 4.00. The minimum absolute atomic E-state index is 0.0879. The molecule has 1 fully saturated rings.